The van der Waals surface area contributed by atoms with E-state index in [4.69, 9.17) is 11.6 Å². The summed E-state index contributed by atoms with van der Waals surface area (Å²) in [5.74, 6) is -2.58. The van der Waals surface area contributed by atoms with Gasteiger partial charge in [0.15, 0.2) is 0 Å². The summed E-state index contributed by atoms with van der Waals surface area (Å²) in [6.45, 7) is 0. The van der Waals surface area contributed by atoms with Crippen molar-refractivity contribution >= 4 is 34.7 Å². The van der Waals surface area contributed by atoms with Gasteiger partial charge in [0.05, 0.1) is 23.5 Å². The minimum Gasteiger partial charge on any atom is -0.507 e. The molecule has 144 valence electrons. The van der Waals surface area contributed by atoms with Crippen LogP contribution in [0.4, 0.5) is 10.1 Å². The number of amides is 1. The minimum absolute atomic E-state index is 0.133. The van der Waals surface area contributed by atoms with Crippen LogP contribution in [-0.2, 0) is 9.59 Å². The van der Waals surface area contributed by atoms with Crippen molar-refractivity contribution in [3.63, 3.8) is 0 Å². The third-order valence-electron chi connectivity index (χ3n) is 4.65. The smallest absolute Gasteiger partial charge is 0.300 e. The maximum atomic E-state index is 13.9. The minimum atomic E-state index is -1.01. The highest BCUT2D eigenvalue weighted by molar-refractivity contribution is 6.51. The summed E-state index contributed by atoms with van der Waals surface area (Å²) in [6.07, 6.45) is 2.96. The number of carbonyl (C=O) groups excluding carboxylic acids is 2. The Hall–Kier alpha value is -3.51. The SMILES string of the molecule is O=C1C(=O)N(c2cccnc2)[C@H](c2cccc(F)c2)C1=C(O)c1ccc(Cl)cc1. The van der Waals surface area contributed by atoms with E-state index in [0.717, 1.165) is 0 Å². The summed E-state index contributed by atoms with van der Waals surface area (Å²) in [5.41, 5.74) is 0.898. The number of pyridine rings is 1. The van der Waals surface area contributed by atoms with Gasteiger partial charge in [-0.3, -0.25) is 19.5 Å². The van der Waals surface area contributed by atoms with Crippen LogP contribution in [0, 0.1) is 5.82 Å². The zero-order valence-electron chi connectivity index (χ0n) is 14.9. The monoisotopic (exact) mass is 408 g/mol. The number of carbonyl (C=O) groups is 2. The van der Waals surface area contributed by atoms with E-state index in [1.165, 1.54) is 47.6 Å². The summed E-state index contributed by atoms with van der Waals surface area (Å²) in [7, 11) is 0. The first-order valence-electron chi connectivity index (χ1n) is 8.70. The van der Waals surface area contributed by atoms with Crippen molar-refractivity contribution in [1.29, 1.82) is 0 Å². The zero-order valence-corrected chi connectivity index (χ0v) is 15.7. The molecule has 1 saturated heterocycles. The van der Waals surface area contributed by atoms with Crippen LogP contribution < -0.4 is 4.90 Å². The van der Waals surface area contributed by atoms with Crippen LogP contribution in [0.1, 0.15) is 17.2 Å². The van der Waals surface area contributed by atoms with Crippen LogP contribution in [0.3, 0.4) is 0 Å². The summed E-state index contributed by atoms with van der Waals surface area (Å²) in [5, 5.41) is 11.3. The van der Waals surface area contributed by atoms with Crippen LogP contribution in [0.25, 0.3) is 5.76 Å². The molecule has 0 aliphatic carbocycles. The molecule has 29 heavy (non-hydrogen) atoms. The van der Waals surface area contributed by atoms with Gasteiger partial charge in [-0.05, 0) is 54.1 Å². The first-order valence-corrected chi connectivity index (χ1v) is 9.07. The molecule has 3 aromatic rings. The van der Waals surface area contributed by atoms with E-state index in [1.807, 2.05) is 0 Å². The van der Waals surface area contributed by atoms with Crippen molar-refractivity contribution in [3.05, 3.63) is 101 Å². The fraction of sp³-hybridized carbons (Fsp3) is 0.0455. The van der Waals surface area contributed by atoms with Crippen LogP contribution in [0.5, 0.6) is 0 Å². The van der Waals surface area contributed by atoms with Crippen LogP contribution in [-0.4, -0.2) is 21.8 Å². The van der Waals surface area contributed by atoms with Gasteiger partial charge in [-0.1, -0.05) is 23.7 Å². The molecule has 2 aromatic carbocycles. The molecule has 0 radical (unpaired) electrons. The van der Waals surface area contributed by atoms with E-state index in [-0.39, 0.29) is 11.3 Å². The Balaban J connectivity index is 1.95. The highest BCUT2D eigenvalue weighted by Gasteiger charge is 2.47. The third kappa shape index (κ3) is 3.39. The standard InChI is InChI=1S/C22H14ClFN2O3/c23-15-8-6-13(7-9-15)20(27)18-19(14-3-1-4-16(24)11-14)26(22(29)21(18)28)17-5-2-10-25-12-17/h1-12,19,27H/t19-/m1/s1. The Kier molecular flexibility index (Phi) is 4.86. The molecule has 4 rings (SSSR count). The van der Waals surface area contributed by atoms with Gasteiger partial charge in [-0.25, -0.2) is 4.39 Å². The summed E-state index contributed by atoms with van der Waals surface area (Å²) < 4.78 is 13.9. The van der Waals surface area contributed by atoms with E-state index in [0.29, 0.717) is 21.8 Å². The maximum absolute atomic E-state index is 13.9. The second kappa shape index (κ2) is 7.48. The van der Waals surface area contributed by atoms with E-state index >= 15 is 0 Å². The predicted molar refractivity (Wildman–Crippen MR) is 107 cm³/mol. The molecule has 0 spiro atoms. The number of aliphatic hydroxyl groups is 1. The van der Waals surface area contributed by atoms with E-state index in [1.54, 1.807) is 30.3 Å². The Morgan fingerprint density at radius 3 is 2.48 bits per heavy atom. The molecule has 1 N–H and O–H groups in total. The van der Waals surface area contributed by atoms with Gasteiger partial charge in [-0.15, -0.1) is 0 Å². The fourth-order valence-corrected chi connectivity index (χ4v) is 3.48. The first kappa shape index (κ1) is 18.8. The van der Waals surface area contributed by atoms with Crippen molar-refractivity contribution in [2.75, 3.05) is 4.90 Å². The molecule has 5 nitrogen and oxygen atoms in total. The first-order chi connectivity index (χ1) is 14.0. The quantitative estimate of drug-likeness (QED) is 0.393. The molecule has 7 heteroatoms. The second-order valence-corrected chi connectivity index (χ2v) is 6.88. The summed E-state index contributed by atoms with van der Waals surface area (Å²) >= 11 is 5.90. The summed E-state index contributed by atoms with van der Waals surface area (Å²) in [4.78, 5) is 31.0. The van der Waals surface area contributed by atoms with Crippen molar-refractivity contribution in [2.45, 2.75) is 6.04 Å². The van der Waals surface area contributed by atoms with Gasteiger partial charge in [0.25, 0.3) is 11.7 Å². The second-order valence-electron chi connectivity index (χ2n) is 6.44. The topological polar surface area (TPSA) is 70.5 Å². The van der Waals surface area contributed by atoms with Crippen LogP contribution >= 0.6 is 11.6 Å². The Bertz CT molecular complexity index is 1130. The number of benzene rings is 2. The summed E-state index contributed by atoms with van der Waals surface area (Å²) in [6, 6.07) is 14.0. The number of hydrogen-bond acceptors (Lipinski definition) is 4. The highest BCUT2D eigenvalue weighted by atomic mass is 35.5. The molecule has 1 atom stereocenters. The molecular weight excluding hydrogens is 395 g/mol. The Morgan fingerprint density at radius 1 is 1.07 bits per heavy atom. The number of rotatable bonds is 3. The lowest BCUT2D eigenvalue weighted by Gasteiger charge is -2.25. The number of anilines is 1. The maximum Gasteiger partial charge on any atom is 0.300 e. The van der Waals surface area contributed by atoms with Crippen molar-refractivity contribution in [2.24, 2.45) is 0 Å². The van der Waals surface area contributed by atoms with Crippen molar-refractivity contribution in [1.82, 2.24) is 4.98 Å². The molecule has 1 aliphatic heterocycles. The van der Waals surface area contributed by atoms with E-state index in [9.17, 15) is 19.1 Å². The Labute approximate surface area is 170 Å². The number of Topliss-reactive ketones (excluding diaryl/α,β-unsaturated/α-hetero) is 1. The van der Waals surface area contributed by atoms with Gasteiger partial charge < -0.3 is 5.11 Å². The van der Waals surface area contributed by atoms with Gasteiger partial charge in [-0.2, -0.15) is 0 Å². The molecule has 1 fully saturated rings. The number of ketones is 1. The lowest BCUT2D eigenvalue weighted by Crippen LogP contribution is -2.29. The molecule has 1 amide bonds. The molecule has 0 bridgehead atoms. The van der Waals surface area contributed by atoms with Crippen LogP contribution in [0.2, 0.25) is 5.02 Å². The molecule has 1 aliphatic rings. The van der Waals surface area contributed by atoms with Gasteiger partial charge in [0.1, 0.15) is 11.6 Å². The van der Waals surface area contributed by atoms with Crippen molar-refractivity contribution in [3.8, 4) is 0 Å². The average molecular weight is 409 g/mol. The normalized spacial score (nSPS) is 18.3. The zero-order chi connectivity index (χ0) is 20.5. The molecule has 0 saturated carbocycles. The molecule has 0 unspecified atom stereocenters. The number of aliphatic hydroxyl groups excluding tert-OH is 1. The largest absolute Gasteiger partial charge is 0.507 e. The average Bonchev–Trinajstić information content (AvgIpc) is 2.99. The molecular formula is C22H14ClFN2O3. The predicted octanol–water partition coefficient (Wildman–Crippen LogP) is 4.50. The van der Waals surface area contributed by atoms with E-state index in [2.05, 4.69) is 4.98 Å². The highest BCUT2D eigenvalue weighted by Crippen LogP contribution is 2.42. The third-order valence-corrected chi connectivity index (χ3v) is 4.90. The number of halogens is 2. The van der Waals surface area contributed by atoms with E-state index < -0.39 is 23.5 Å². The molecule has 2 heterocycles. The van der Waals surface area contributed by atoms with Gasteiger partial charge in [0.2, 0.25) is 0 Å². The number of aromatic nitrogens is 1. The Morgan fingerprint density at radius 2 is 1.83 bits per heavy atom. The van der Waals surface area contributed by atoms with Gasteiger partial charge >= 0.3 is 0 Å². The van der Waals surface area contributed by atoms with Crippen LogP contribution in [0.15, 0.2) is 78.6 Å². The lowest BCUT2D eigenvalue weighted by atomic mass is 9.95. The fourth-order valence-electron chi connectivity index (χ4n) is 3.35. The van der Waals surface area contributed by atoms with Crippen molar-refractivity contribution < 1.29 is 19.1 Å². The molecule has 1 aromatic heterocycles. The lowest BCUT2D eigenvalue weighted by molar-refractivity contribution is -0.132. The number of hydrogen-bond donors (Lipinski definition) is 1. The van der Waals surface area contributed by atoms with Gasteiger partial charge in [0, 0.05) is 16.8 Å². The number of nitrogens with zero attached hydrogens (tertiary/aromatic N) is 2.